The number of benzene rings is 3. The molecule has 8 heteroatoms. The maximum Gasteiger partial charge on any atom is 0.330 e. The van der Waals surface area contributed by atoms with Gasteiger partial charge in [-0.25, -0.2) is 10.7 Å². The molecule has 37 heavy (non-hydrogen) atoms. The molecule has 1 aliphatic rings. The minimum atomic E-state index is -0.935. The van der Waals surface area contributed by atoms with E-state index < -0.39 is 35.3 Å². The maximum absolute atomic E-state index is 12.5. The lowest BCUT2D eigenvalue weighted by atomic mass is 9.80. The Morgan fingerprint density at radius 1 is 0.919 bits per heavy atom. The molecule has 2 heterocycles. The van der Waals surface area contributed by atoms with Crippen LogP contribution in [0.4, 0.5) is 0 Å². The molecule has 3 atom stereocenters. The summed E-state index contributed by atoms with van der Waals surface area (Å²) >= 11 is 0. The van der Waals surface area contributed by atoms with Crippen molar-refractivity contribution in [2.24, 2.45) is 5.90 Å². The van der Waals surface area contributed by atoms with E-state index in [1.807, 2.05) is 91.0 Å². The summed E-state index contributed by atoms with van der Waals surface area (Å²) in [5.41, 5.74) is 1.37. The molecule has 4 aromatic rings. The van der Waals surface area contributed by atoms with Gasteiger partial charge in [0.25, 0.3) is 5.56 Å². The van der Waals surface area contributed by atoms with E-state index in [2.05, 4.69) is 4.98 Å². The Bertz CT molecular complexity index is 1340. The van der Waals surface area contributed by atoms with Crippen molar-refractivity contribution in [2.45, 2.75) is 37.4 Å². The second-order valence-electron chi connectivity index (χ2n) is 9.11. The molecule has 1 saturated heterocycles. The van der Waals surface area contributed by atoms with Gasteiger partial charge in [0.2, 0.25) is 0 Å². The third-order valence-electron chi connectivity index (χ3n) is 6.82. The molecule has 1 unspecified atom stereocenters. The molecule has 5 rings (SSSR count). The van der Waals surface area contributed by atoms with E-state index in [0.29, 0.717) is 12.0 Å². The van der Waals surface area contributed by atoms with Crippen LogP contribution in [0.5, 0.6) is 0 Å². The molecule has 190 valence electrons. The van der Waals surface area contributed by atoms with Gasteiger partial charge in [-0.05, 0) is 23.6 Å². The zero-order valence-corrected chi connectivity index (χ0v) is 20.4. The lowest BCUT2D eigenvalue weighted by Crippen LogP contribution is -2.39. The molecule has 3 aromatic carbocycles. The highest BCUT2D eigenvalue weighted by Gasteiger charge is 2.42. The van der Waals surface area contributed by atoms with Gasteiger partial charge < -0.3 is 9.47 Å². The van der Waals surface area contributed by atoms with Gasteiger partial charge in [0, 0.05) is 18.2 Å². The first-order valence-corrected chi connectivity index (χ1v) is 12.2. The highest BCUT2D eigenvalue weighted by atomic mass is 16.7. The van der Waals surface area contributed by atoms with Crippen LogP contribution in [-0.2, 0) is 19.9 Å². The number of ether oxygens (including phenoxy) is 2. The van der Waals surface area contributed by atoms with Crippen LogP contribution in [0.2, 0.25) is 0 Å². The molecular formula is C29H29N3O5. The molecule has 0 spiro atoms. The predicted octanol–water partition coefficient (Wildman–Crippen LogP) is 3.40. The van der Waals surface area contributed by atoms with Crippen LogP contribution in [0.25, 0.3) is 0 Å². The van der Waals surface area contributed by atoms with Crippen LogP contribution in [-0.4, -0.2) is 28.4 Å². The van der Waals surface area contributed by atoms with Crippen molar-refractivity contribution in [1.29, 1.82) is 0 Å². The molecule has 8 nitrogen and oxygen atoms in total. The summed E-state index contributed by atoms with van der Waals surface area (Å²) in [6.45, 7) is 1.77. The Hall–Kier alpha value is -3.82. The number of aryl methyl sites for hydroxylation is 1. The number of rotatable bonds is 8. The summed E-state index contributed by atoms with van der Waals surface area (Å²) in [6, 6.07) is 30.1. The van der Waals surface area contributed by atoms with E-state index >= 15 is 0 Å². The zero-order valence-electron chi connectivity index (χ0n) is 20.4. The molecule has 0 radical (unpaired) electrons. The van der Waals surface area contributed by atoms with E-state index in [0.717, 1.165) is 16.7 Å². The molecule has 0 bridgehead atoms. The first-order chi connectivity index (χ1) is 18.0. The summed E-state index contributed by atoms with van der Waals surface area (Å²) in [4.78, 5) is 31.9. The maximum atomic E-state index is 12.5. The van der Waals surface area contributed by atoms with E-state index in [1.165, 1.54) is 10.8 Å². The normalized spacial score (nSPS) is 19.7. The average Bonchev–Trinajstić information content (AvgIpc) is 3.36. The van der Waals surface area contributed by atoms with E-state index in [1.54, 1.807) is 6.92 Å². The third kappa shape index (κ3) is 4.80. The Kier molecular flexibility index (Phi) is 7.16. The molecule has 0 amide bonds. The number of nitrogens with zero attached hydrogens (tertiary/aromatic N) is 1. The van der Waals surface area contributed by atoms with Crippen molar-refractivity contribution in [1.82, 2.24) is 9.55 Å². The molecule has 1 aromatic heterocycles. The molecule has 1 aliphatic heterocycles. The lowest BCUT2D eigenvalue weighted by molar-refractivity contribution is -0.105. The quantitative estimate of drug-likeness (QED) is 0.284. The lowest BCUT2D eigenvalue weighted by Gasteiger charge is -2.37. The van der Waals surface area contributed by atoms with Gasteiger partial charge in [0.15, 0.2) is 0 Å². The number of hydrogen-bond acceptors (Lipinski definition) is 6. The van der Waals surface area contributed by atoms with Gasteiger partial charge in [0.05, 0.1) is 6.61 Å². The minimum absolute atomic E-state index is 0.133. The topological polar surface area (TPSA) is 109 Å². The molecular weight excluding hydrogens is 470 g/mol. The third-order valence-corrected chi connectivity index (χ3v) is 6.82. The fraction of sp³-hybridized carbons (Fsp3) is 0.241. The smallest absolute Gasteiger partial charge is 0.330 e. The van der Waals surface area contributed by atoms with Crippen LogP contribution < -0.4 is 17.1 Å². The van der Waals surface area contributed by atoms with Crippen molar-refractivity contribution in [3.63, 3.8) is 0 Å². The van der Waals surface area contributed by atoms with E-state index in [9.17, 15) is 9.59 Å². The van der Waals surface area contributed by atoms with E-state index in [-0.39, 0.29) is 6.61 Å². The average molecular weight is 500 g/mol. The Balaban J connectivity index is 1.52. The summed E-state index contributed by atoms with van der Waals surface area (Å²) < 4.78 is 14.5. The van der Waals surface area contributed by atoms with Crippen LogP contribution in [0, 0.1) is 6.92 Å². The highest BCUT2D eigenvalue weighted by molar-refractivity contribution is 5.47. The number of hydrogen-bond donors (Lipinski definition) is 2. The van der Waals surface area contributed by atoms with Gasteiger partial charge in [-0.1, -0.05) is 91.0 Å². The fourth-order valence-corrected chi connectivity index (χ4v) is 4.94. The Labute approximate surface area is 214 Å². The predicted molar refractivity (Wildman–Crippen MR) is 139 cm³/mol. The Morgan fingerprint density at radius 3 is 1.92 bits per heavy atom. The zero-order chi connectivity index (χ0) is 25.8. The molecule has 3 N–H and O–H groups in total. The number of H-pyrrole nitrogens is 1. The van der Waals surface area contributed by atoms with Crippen molar-refractivity contribution >= 4 is 0 Å². The Morgan fingerprint density at radius 2 is 1.43 bits per heavy atom. The van der Waals surface area contributed by atoms with Crippen molar-refractivity contribution in [2.75, 3.05) is 6.61 Å². The largest absolute Gasteiger partial charge is 0.358 e. The van der Waals surface area contributed by atoms with Gasteiger partial charge in [0.1, 0.15) is 24.0 Å². The summed E-state index contributed by atoms with van der Waals surface area (Å²) in [7, 11) is 0. The van der Waals surface area contributed by atoms with Gasteiger partial charge in [-0.3, -0.25) is 19.2 Å². The first kappa shape index (κ1) is 24.9. The highest BCUT2D eigenvalue weighted by Crippen LogP contribution is 2.41. The van der Waals surface area contributed by atoms with Crippen LogP contribution in [0.3, 0.4) is 0 Å². The van der Waals surface area contributed by atoms with Gasteiger partial charge >= 0.3 is 5.69 Å². The summed E-state index contributed by atoms with van der Waals surface area (Å²) in [5.74, 6) is 5.65. The monoisotopic (exact) mass is 499 g/mol. The minimum Gasteiger partial charge on any atom is -0.358 e. The van der Waals surface area contributed by atoms with E-state index in [4.69, 9.17) is 20.2 Å². The second-order valence-corrected chi connectivity index (χ2v) is 9.11. The summed E-state index contributed by atoms with van der Waals surface area (Å²) in [6.07, 6.45) is 0.0639. The van der Waals surface area contributed by atoms with Crippen LogP contribution in [0.1, 0.15) is 34.9 Å². The van der Waals surface area contributed by atoms with Crippen molar-refractivity contribution < 1.29 is 14.3 Å². The van der Waals surface area contributed by atoms with Gasteiger partial charge in [-0.2, -0.15) is 0 Å². The number of nitrogens with two attached hydrogens (primary N) is 1. The molecule has 0 aliphatic carbocycles. The van der Waals surface area contributed by atoms with Crippen molar-refractivity contribution in [3.05, 3.63) is 140 Å². The van der Waals surface area contributed by atoms with Crippen LogP contribution >= 0.6 is 0 Å². The number of aromatic nitrogens is 2. The second kappa shape index (κ2) is 10.7. The number of nitrogens with one attached hydrogen (secondary N) is 1. The summed E-state index contributed by atoms with van der Waals surface area (Å²) in [5, 5.41) is 0. The van der Waals surface area contributed by atoms with Gasteiger partial charge in [-0.15, -0.1) is 0 Å². The first-order valence-electron chi connectivity index (χ1n) is 12.2. The number of aromatic amines is 1. The SMILES string of the molecule is Cc1cn([C@H]2CC(ON)[C@@H](COC(c3ccccc3)(c3ccccc3)c3ccccc3)O2)c(=O)[nH]c1=O. The molecule has 1 fully saturated rings. The van der Waals surface area contributed by atoms with Crippen molar-refractivity contribution in [3.8, 4) is 0 Å². The standard InChI is InChI=1S/C29H29N3O5/c1-20-18-32(28(34)31-27(20)33)26-17-24(37-30)25(36-26)19-35-29(21-11-5-2-6-12-21,22-13-7-3-8-14-22)23-15-9-4-10-16-23/h2-16,18,24-26H,17,19,30H2,1H3,(H,31,33,34)/t24?,25-,26-/m1/s1. The van der Waals surface area contributed by atoms with Crippen LogP contribution in [0.15, 0.2) is 107 Å². The molecule has 0 saturated carbocycles. The fourth-order valence-electron chi connectivity index (χ4n) is 4.94.